The number of fused-ring (bicyclic) bond motifs is 1. The molecule has 1 aliphatic heterocycles. The molecule has 2 N–H and O–H groups in total. The molecule has 0 unspecified atom stereocenters. The van der Waals surface area contributed by atoms with Gasteiger partial charge >= 0.3 is 21.5 Å². The molecule has 1 fully saturated rings. The maximum absolute atomic E-state index is 13.0. The Morgan fingerprint density at radius 2 is 1.40 bits per heavy atom. The number of sulfonamides is 1. The fraction of sp³-hybridized carbons (Fsp3) is 0.259. The van der Waals surface area contributed by atoms with Crippen molar-refractivity contribution in [1.29, 1.82) is 0 Å². The predicted molar refractivity (Wildman–Crippen MR) is 148 cm³/mol. The van der Waals surface area contributed by atoms with Crippen LogP contribution < -0.4 is 5.32 Å². The number of rotatable bonds is 6. The Morgan fingerprint density at radius 1 is 0.875 bits per heavy atom. The lowest BCUT2D eigenvalue weighted by molar-refractivity contribution is -0.0494. The van der Waals surface area contributed by atoms with Crippen LogP contribution in [0.3, 0.4) is 0 Å². The molecule has 1 saturated heterocycles. The van der Waals surface area contributed by atoms with E-state index in [-0.39, 0.29) is 37.9 Å². The van der Waals surface area contributed by atoms with Gasteiger partial charge in [-0.3, -0.25) is 0 Å². The van der Waals surface area contributed by atoms with Crippen LogP contribution in [0, 0.1) is 0 Å². The van der Waals surface area contributed by atoms with E-state index in [1.54, 1.807) is 30.3 Å². The number of anilines is 1. The second kappa shape index (κ2) is 11.0. The second-order valence-corrected chi connectivity index (χ2v) is 12.3. The van der Waals surface area contributed by atoms with Crippen LogP contribution in [0.4, 0.5) is 19.0 Å². The maximum atomic E-state index is 13.0. The van der Waals surface area contributed by atoms with E-state index in [1.165, 1.54) is 0 Å². The van der Waals surface area contributed by atoms with Crippen LogP contribution in [0.5, 0.6) is 6.01 Å². The Kier molecular flexibility index (Phi) is 7.84. The monoisotopic (exact) mass is 610 g/mol. The minimum absolute atomic E-state index is 0.124. The van der Waals surface area contributed by atoms with E-state index < -0.39 is 21.5 Å². The van der Waals surface area contributed by atoms with Gasteiger partial charge in [-0.25, -0.2) is 8.42 Å². The van der Waals surface area contributed by atoms with Crippen LogP contribution in [-0.2, 0) is 10.0 Å². The molecule has 0 aliphatic carbocycles. The molecule has 0 saturated carbocycles. The highest BCUT2D eigenvalue weighted by Crippen LogP contribution is 2.36. The molecule has 13 heteroatoms. The highest BCUT2D eigenvalue weighted by molar-refractivity contribution is 7.90. The summed E-state index contributed by atoms with van der Waals surface area (Å²) in [6.45, 7) is -0.593. The average Bonchev–Trinajstić information content (AvgIpc) is 2.91. The SMILES string of the molecule is O=S(=O)(N1CCC(Nc2nc(O)nc3ccc(C(c4ccc(Cl)cc4)c4ccc(Cl)cc4)cc23)CC1)C(F)(F)F. The Balaban J connectivity index is 1.48. The second-order valence-electron chi connectivity index (χ2n) is 9.45. The third-order valence-electron chi connectivity index (χ3n) is 6.88. The number of benzene rings is 3. The number of aromatic nitrogens is 2. The summed E-state index contributed by atoms with van der Waals surface area (Å²) in [4.78, 5) is 8.29. The molecule has 7 nitrogen and oxygen atoms in total. The first kappa shape index (κ1) is 28.4. The van der Waals surface area contributed by atoms with E-state index in [0.717, 1.165) is 16.7 Å². The number of piperidine rings is 1. The first-order valence-corrected chi connectivity index (χ1v) is 14.5. The summed E-state index contributed by atoms with van der Waals surface area (Å²) in [5.74, 6) is 0.0869. The highest BCUT2D eigenvalue weighted by Gasteiger charge is 2.50. The van der Waals surface area contributed by atoms with Gasteiger partial charge < -0.3 is 10.4 Å². The molecule has 0 radical (unpaired) electrons. The quantitative estimate of drug-likeness (QED) is 0.240. The van der Waals surface area contributed by atoms with E-state index in [0.29, 0.717) is 31.1 Å². The average molecular weight is 611 g/mol. The number of hydrogen-bond acceptors (Lipinski definition) is 6. The van der Waals surface area contributed by atoms with Gasteiger partial charge in [0.2, 0.25) is 0 Å². The number of hydrogen-bond donors (Lipinski definition) is 2. The number of halogens is 5. The molecule has 3 aromatic carbocycles. The lowest BCUT2D eigenvalue weighted by Crippen LogP contribution is -2.47. The van der Waals surface area contributed by atoms with Gasteiger partial charge in [0.25, 0.3) is 0 Å². The summed E-state index contributed by atoms with van der Waals surface area (Å²) >= 11 is 12.3. The summed E-state index contributed by atoms with van der Waals surface area (Å²) in [7, 11) is -5.39. The largest absolute Gasteiger partial charge is 0.511 e. The topological polar surface area (TPSA) is 95.4 Å². The standard InChI is InChI=1S/C27H23Cl2F3N4O3S/c28-19-6-1-16(2-7-19)24(17-3-8-20(29)9-4-17)18-5-10-23-22(15-18)25(35-26(37)34-23)33-21-11-13-36(14-12-21)40(38,39)27(30,31)32/h1-10,15,21,24H,11-14H2,(H2,33,34,35,37). The van der Waals surface area contributed by atoms with Crippen LogP contribution in [-0.4, -0.2) is 52.4 Å². The van der Waals surface area contributed by atoms with Crippen LogP contribution in [0.2, 0.25) is 10.0 Å². The summed E-state index contributed by atoms with van der Waals surface area (Å²) in [6, 6.07) is 19.7. The molecule has 210 valence electrons. The van der Waals surface area contributed by atoms with E-state index in [4.69, 9.17) is 23.2 Å². The fourth-order valence-corrected chi connectivity index (χ4v) is 6.13. The highest BCUT2D eigenvalue weighted by atomic mass is 35.5. The van der Waals surface area contributed by atoms with E-state index in [1.807, 2.05) is 36.4 Å². The molecule has 1 aliphatic rings. The molecule has 5 rings (SSSR count). The number of nitrogens with zero attached hydrogens (tertiary/aromatic N) is 3. The number of nitrogens with one attached hydrogen (secondary N) is 1. The van der Waals surface area contributed by atoms with Crippen LogP contribution >= 0.6 is 23.2 Å². The van der Waals surface area contributed by atoms with Gasteiger partial charge in [0.15, 0.2) is 0 Å². The first-order chi connectivity index (χ1) is 18.9. The summed E-state index contributed by atoms with van der Waals surface area (Å²) in [6.07, 6.45) is 0.249. The summed E-state index contributed by atoms with van der Waals surface area (Å²) in [5.41, 5.74) is -2.05. The summed E-state index contributed by atoms with van der Waals surface area (Å²) < 4.78 is 62.9. The molecule has 0 spiro atoms. The van der Waals surface area contributed by atoms with Crippen molar-refractivity contribution < 1.29 is 26.7 Å². The van der Waals surface area contributed by atoms with Crippen molar-refractivity contribution in [2.45, 2.75) is 30.3 Å². The lowest BCUT2D eigenvalue weighted by atomic mass is 9.84. The smallest absolute Gasteiger partial charge is 0.479 e. The number of alkyl halides is 3. The van der Waals surface area contributed by atoms with Gasteiger partial charge in [-0.05, 0) is 65.9 Å². The Morgan fingerprint density at radius 3 is 1.93 bits per heavy atom. The third-order valence-corrected chi connectivity index (χ3v) is 9.01. The van der Waals surface area contributed by atoms with Crippen molar-refractivity contribution in [3.63, 3.8) is 0 Å². The molecule has 2 heterocycles. The van der Waals surface area contributed by atoms with Crippen molar-refractivity contribution in [3.8, 4) is 6.01 Å². The zero-order valence-corrected chi connectivity index (χ0v) is 23.1. The Hall–Kier alpha value is -3.12. The van der Waals surface area contributed by atoms with Gasteiger partial charge in [0.1, 0.15) is 5.82 Å². The lowest BCUT2D eigenvalue weighted by Gasteiger charge is -2.32. The molecule has 4 aromatic rings. The van der Waals surface area contributed by atoms with Gasteiger partial charge in [0.05, 0.1) is 5.52 Å². The number of aromatic hydroxyl groups is 1. The molecular formula is C27H23Cl2F3N4O3S. The molecular weight excluding hydrogens is 588 g/mol. The minimum Gasteiger partial charge on any atom is -0.479 e. The zero-order chi connectivity index (χ0) is 28.7. The van der Waals surface area contributed by atoms with Crippen molar-refractivity contribution in [1.82, 2.24) is 14.3 Å². The molecule has 0 bridgehead atoms. The first-order valence-electron chi connectivity index (χ1n) is 12.3. The summed E-state index contributed by atoms with van der Waals surface area (Å²) in [5, 5.41) is 15.1. The van der Waals surface area contributed by atoms with Gasteiger partial charge in [0, 0.05) is 40.5 Å². The van der Waals surface area contributed by atoms with Crippen molar-refractivity contribution in [2.24, 2.45) is 0 Å². The molecule has 0 atom stereocenters. The predicted octanol–water partition coefficient (Wildman–Crippen LogP) is 6.55. The van der Waals surface area contributed by atoms with E-state index in [9.17, 15) is 26.7 Å². The normalized spacial score (nSPS) is 15.6. The molecule has 0 amide bonds. The van der Waals surface area contributed by atoms with E-state index in [2.05, 4.69) is 15.3 Å². The Bertz CT molecular complexity index is 1580. The van der Waals surface area contributed by atoms with Crippen LogP contribution in [0.25, 0.3) is 10.9 Å². The van der Waals surface area contributed by atoms with Crippen LogP contribution in [0.1, 0.15) is 35.4 Å². The van der Waals surface area contributed by atoms with Gasteiger partial charge in [-0.15, -0.1) is 0 Å². The minimum atomic E-state index is -5.39. The fourth-order valence-electron chi connectivity index (χ4n) is 4.89. The van der Waals surface area contributed by atoms with Crippen molar-refractivity contribution in [3.05, 3.63) is 93.5 Å². The zero-order valence-electron chi connectivity index (χ0n) is 20.7. The van der Waals surface area contributed by atoms with Gasteiger partial charge in [-0.2, -0.15) is 27.4 Å². The van der Waals surface area contributed by atoms with E-state index >= 15 is 0 Å². The maximum Gasteiger partial charge on any atom is 0.511 e. The molecule has 40 heavy (non-hydrogen) atoms. The third kappa shape index (κ3) is 5.83. The Labute approximate surface area is 238 Å². The molecule has 1 aromatic heterocycles. The van der Waals surface area contributed by atoms with Crippen LogP contribution in [0.15, 0.2) is 66.7 Å². The van der Waals surface area contributed by atoms with Crippen molar-refractivity contribution >= 4 is 49.9 Å². The van der Waals surface area contributed by atoms with Crippen molar-refractivity contribution in [2.75, 3.05) is 18.4 Å². The van der Waals surface area contributed by atoms with Gasteiger partial charge in [-0.1, -0.05) is 53.5 Å².